The summed E-state index contributed by atoms with van der Waals surface area (Å²) >= 11 is 0. The molecule has 1 aromatic heterocycles. The number of hydrogen-bond donors (Lipinski definition) is 1. The molecular weight excluding hydrogens is 349 g/mol. The molecule has 142 valence electrons. The van der Waals surface area contributed by atoms with Crippen LogP contribution in [-0.4, -0.2) is 46.4 Å². The lowest BCUT2D eigenvalue weighted by molar-refractivity contribution is 0.188. The first kappa shape index (κ1) is 17.5. The van der Waals surface area contributed by atoms with Crippen LogP contribution in [0.5, 0.6) is 0 Å². The summed E-state index contributed by atoms with van der Waals surface area (Å²) in [6.45, 7) is 2.23. The lowest BCUT2D eigenvalue weighted by Crippen LogP contribution is -2.48. The fourth-order valence-electron chi connectivity index (χ4n) is 3.74. The molecule has 1 aromatic carbocycles. The molecule has 1 saturated heterocycles. The van der Waals surface area contributed by atoms with Crippen molar-refractivity contribution >= 4 is 11.7 Å². The van der Waals surface area contributed by atoms with Gasteiger partial charge in [-0.2, -0.15) is 5.10 Å². The fourth-order valence-corrected chi connectivity index (χ4v) is 3.74. The maximum absolute atomic E-state index is 14.0. The van der Waals surface area contributed by atoms with Crippen molar-refractivity contribution < 1.29 is 9.18 Å². The van der Waals surface area contributed by atoms with E-state index in [4.69, 9.17) is 0 Å². The van der Waals surface area contributed by atoms with E-state index in [-0.39, 0.29) is 23.4 Å². The molecule has 1 unspecified atom stereocenters. The number of para-hydroxylation sites is 1. The molecule has 2 aliphatic rings. The number of aryl methyl sites for hydroxylation is 1. The molecule has 0 saturated carbocycles. The summed E-state index contributed by atoms with van der Waals surface area (Å²) in [4.78, 5) is 28.1. The summed E-state index contributed by atoms with van der Waals surface area (Å²) in [5, 5.41) is 7.31. The molecule has 1 fully saturated rings. The van der Waals surface area contributed by atoms with Gasteiger partial charge in [0.15, 0.2) is 0 Å². The molecule has 8 heteroatoms. The minimum atomic E-state index is -0.244. The van der Waals surface area contributed by atoms with Gasteiger partial charge in [0.25, 0.3) is 5.56 Å². The van der Waals surface area contributed by atoms with Crippen LogP contribution in [0.2, 0.25) is 0 Å². The zero-order valence-corrected chi connectivity index (χ0v) is 15.2. The highest BCUT2D eigenvalue weighted by molar-refractivity contribution is 5.75. The third kappa shape index (κ3) is 3.51. The van der Waals surface area contributed by atoms with E-state index >= 15 is 0 Å². The first-order chi connectivity index (χ1) is 13.0. The summed E-state index contributed by atoms with van der Waals surface area (Å²) < 4.78 is 15.3. The van der Waals surface area contributed by atoms with Gasteiger partial charge in [-0.25, -0.2) is 13.9 Å². The van der Waals surface area contributed by atoms with E-state index in [1.807, 2.05) is 11.0 Å². The minimum absolute atomic E-state index is 0.0275. The summed E-state index contributed by atoms with van der Waals surface area (Å²) in [6, 6.07) is 8.07. The van der Waals surface area contributed by atoms with E-state index in [2.05, 4.69) is 10.4 Å². The van der Waals surface area contributed by atoms with Crippen molar-refractivity contribution in [1.82, 2.24) is 20.0 Å². The van der Waals surface area contributed by atoms with Crippen molar-refractivity contribution in [3.63, 3.8) is 0 Å². The van der Waals surface area contributed by atoms with Gasteiger partial charge in [0, 0.05) is 57.3 Å². The molecule has 2 aromatic rings. The van der Waals surface area contributed by atoms with Crippen LogP contribution in [0.15, 0.2) is 35.1 Å². The van der Waals surface area contributed by atoms with Crippen LogP contribution in [0.4, 0.5) is 14.9 Å². The Morgan fingerprint density at radius 2 is 2.11 bits per heavy atom. The molecular formula is C19H22FN5O2. The van der Waals surface area contributed by atoms with Gasteiger partial charge < -0.3 is 15.1 Å². The zero-order valence-electron chi connectivity index (χ0n) is 15.2. The van der Waals surface area contributed by atoms with Crippen molar-refractivity contribution in [2.45, 2.75) is 25.4 Å². The monoisotopic (exact) mass is 371 g/mol. The maximum Gasteiger partial charge on any atom is 0.317 e. The van der Waals surface area contributed by atoms with Crippen LogP contribution in [0.1, 0.15) is 17.7 Å². The second-order valence-corrected chi connectivity index (χ2v) is 7.08. The van der Waals surface area contributed by atoms with Crippen molar-refractivity contribution in [2.75, 3.05) is 24.5 Å². The number of halogens is 1. The number of rotatable bonds is 2. The molecule has 2 aliphatic heterocycles. The molecule has 2 amide bonds. The van der Waals surface area contributed by atoms with Gasteiger partial charge in [0.1, 0.15) is 5.82 Å². The van der Waals surface area contributed by atoms with Crippen LogP contribution < -0.4 is 15.8 Å². The number of nitrogens with zero attached hydrogens (tertiary/aromatic N) is 4. The number of hydrogen-bond acceptors (Lipinski definition) is 4. The quantitative estimate of drug-likeness (QED) is 0.863. The second-order valence-electron chi connectivity index (χ2n) is 7.08. The Morgan fingerprint density at radius 1 is 1.30 bits per heavy atom. The van der Waals surface area contributed by atoms with Crippen LogP contribution in [0.25, 0.3) is 0 Å². The highest BCUT2D eigenvalue weighted by atomic mass is 19.1. The molecule has 7 nitrogen and oxygen atoms in total. The van der Waals surface area contributed by atoms with E-state index in [0.29, 0.717) is 38.3 Å². The third-order valence-corrected chi connectivity index (χ3v) is 5.23. The SMILES string of the molecule is Cn1nc2c(cc1=O)CN(C(=O)NC1CCN(c3ccccc3F)C1)CC2. The Morgan fingerprint density at radius 3 is 2.93 bits per heavy atom. The van der Waals surface area contributed by atoms with E-state index in [1.165, 1.54) is 10.7 Å². The molecule has 1 N–H and O–H groups in total. The average molecular weight is 371 g/mol. The van der Waals surface area contributed by atoms with Gasteiger partial charge in [-0.3, -0.25) is 4.79 Å². The molecule has 0 bridgehead atoms. The summed E-state index contributed by atoms with van der Waals surface area (Å²) in [7, 11) is 1.63. The number of amides is 2. The topological polar surface area (TPSA) is 70.5 Å². The highest BCUT2D eigenvalue weighted by Gasteiger charge is 2.28. The Kier molecular flexibility index (Phi) is 4.55. The lowest BCUT2D eigenvalue weighted by Gasteiger charge is -2.29. The van der Waals surface area contributed by atoms with Gasteiger partial charge in [0.2, 0.25) is 0 Å². The van der Waals surface area contributed by atoms with Gasteiger partial charge in [0.05, 0.1) is 11.4 Å². The fraction of sp³-hybridized carbons (Fsp3) is 0.421. The summed E-state index contributed by atoms with van der Waals surface area (Å²) in [5.74, 6) is -0.244. The molecule has 0 spiro atoms. The van der Waals surface area contributed by atoms with E-state index in [9.17, 15) is 14.0 Å². The predicted octanol–water partition coefficient (Wildman–Crippen LogP) is 1.27. The zero-order chi connectivity index (χ0) is 19.0. The third-order valence-electron chi connectivity index (χ3n) is 5.23. The molecule has 0 radical (unpaired) electrons. The largest absolute Gasteiger partial charge is 0.367 e. The second kappa shape index (κ2) is 7.02. The number of urea groups is 1. The van der Waals surface area contributed by atoms with Crippen LogP contribution in [-0.2, 0) is 20.0 Å². The summed E-state index contributed by atoms with van der Waals surface area (Å²) in [5.41, 5.74) is 2.07. The minimum Gasteiger partial charge on any atom is -0.367 e. The van der Waals surface area contributed by atoms with Gasteiger partial charge >= 0.3 is 6.03 Å². The maximum atomic E-state index is 14.0. The number of fused-ring (bicyclic) bond motifs is 1. The van der Waals surface area contributed by atoms with Crippen molar-refractivity contribution in [2.24, 2.45) is 7.05 Å². The Balaban J connectivity index is 1.38. The number of nitrogens with one attached hydrogen (secondary N) is 1. The Hall–Kier alpha value is -2.90. The van der Waals surface area contributed by atoms with Gasteiger partial charge in [-0.15, -0.1) is 0 Å². The lowest BCUT2D eigenvalue weighted by atomic mass is 10.1. The number of carbonyl (C=O) groups is 1. The number of anilines is 1. The van der Waals surface area contributed by atoms with Crippen LogP contribution in [0, 0.1) is 5.82 Å². The van der Waals surface area contributed by atoms with E-state index in [1.54, 1.807) is 30.1 Å². The first-order valence-corrected chi connectivity index (χ1v) is 9.12. The van der Waals surface area contributed by atoms with Gasteiger partial charge in [-0.1, -0.05) is 12.1 Å². The standard InChI is InChI=1S/C19H22FN5O2/c1-23-18(26)10-13-11-25(9-7-16(13)22-23)19(27)21-14-6-8-24(12-14)17-5-3-2-4-15(17)20/h2-5,10,14H,6-9,11-12H2,1H3,(H,21,27). The van der Waals surface area contributed by atoms with E-state index in [0.717, 1.165) is 17.7 Å². The smallest absolute Gasteiger partial charge is 0.317 e. The average Bonchev–Trinajstić information content (AvgIpc) is 3.11. The number of benzene rings is 1. The van der Waals surface area contributed by atoms with Gasteiger partial charge in [-0.05, 0) is 18.6 Å². The predicted molar refractivity (Wildman–Crippen MR) is 99.1 cm³/mol. The van der Waals surface area contributed by atoms with Crippen molar-refractivity contribution in [3.05, 3.63) is 57.8 Å². The van der Waals surface area contributed by atoms with E-state index < -0.39 is 0 Å². The Labute approximate surface area is 156 Å². The van der Waals surface area contributed by atoms with Crippen LogP contribution >= 0.6 is 0 Å². The van der Waals surface area contributed by atoms with Crippen molar-refractivity contribution in [1.29, 1.82) is 0 Å². The molecule has 4 rings (SSSR count). The number of aromatic nitrogens is 2. The number of carbonyl (C=O) groups excluding carboxylic acids is 1. The Bertz CT molecular complexity index is 929. The molecule has 27 heavy (non-hydrogen) atoms. The van der Waals surface area contributed by atoms with Crippen molar-refractivity contribution in [3.8, 4) is 0 Å². The molecule has 1 atom stereocenters. The highest BCUT2D eigenvalue weighted by Crippen LogP contribution is 2.23. The summed E-state index contributed by atoms with van der Waals surface area (Å²) in [6.07, 6.45) is 1.40. The van der Waals surface area contributed by atoms with Crippen LogP contribution in [0.3, 0.4) is 0 Å². The molecule has 3 heterocycles. The molecule has 0 aliphatic carbocycles. The first-order valence-electron chi connectivity index (χ1n) is 9.12. The normalized spacial score (nSPS) is 19.1.